The number of halogens is 1. The maximum absolute atomic E-state index is 11.9. The van der Waals surface area contributed by atoms with E-state index in [1.807, 2.05) is 0 Å². The van der Waals surface area contributed by atoms with Crippen LogP contribution in [0.25, 0.3) is 0 Å². The fourth-order valence-corrected chi connectivity index (χ4v) is 2.08. The number of amides is 1. The van der Waals surface area contributed by atoms with Gasteiger partial charge in [0.1, 0.15) is 11.9 Å². The van der Waals surface area contributed by atoms with Crippen molar-refractivity contribution in [3.8, 4) is 5.75 Å². The zero-order chi connectivity index (χ0) is 15.5. The van der Waals surface area contributed by atoms with Gasteiger partial charge in [-0.1, -0.05) is 31.4 Å². The predicted molar refractivity (Wildman–Crippen MR) is 80.6 cm³/mol. The molecule has 1 aromatic rings. The quantitative estimate of drug-likeness (QED) is 0.649. The number of benzene rings is 1. The van der Waals surface area contributed by atoms with Crippen molar-refractivity contribution in [2.24, 2.45) is 0 Å². The minimum atomic E-state index is -0.748. The van der Waals surface area contributed by atoms with Gasteiger partial charge in [-0.15, -0.1) is 0 Å². The molecule has 6 heteroatoms. The molecule has 0 bridgehead atoms. The highest BCUT2D eigenvalue weighted by molar-refractivity contribution is 6.10. The third kappa shape index (κ3) is 6.99. The zero-order valence-corrected chi connectivity index (χ0v) is 12.6. The van der Waals surface area contributed by atoms with Gasteiger partial charge in [-0.2, -0.15) is 0 Å². The molecule has 0 saturated carbocycles. The summed E-state index contributed by atoms with van der Waals surface area (Å²) in [6.07, 6.45) is 4.65. The molecule has 2 N–H and O–H groups in total. The molecule has 0 radical (unpaired) electrons. The van der Waals surface area contributed by atoms with Gasteiger partial charge >= 0.3 is 5.97 Å². The van der Waals surface area contributed by atoms with Crippen molar-refractivity contribution in [1.82, 2.24) is 5.32 Å². The number of carboxylic acid groups (broad SMARTS) is 1. The summed E-state index contributed by atoms with van der Waals surface area (Å²) >= 11 is 5.31. The molecule has 21 heavy (non-hydrogen) atoms. The Balaban J connectivity index is 2.15. The molecule has 0 saturated heterocycles. The number of carbonyl (C=O) groups excluding carboxylic acids is 1. The summed E-state index contributed by atoms with van der Waals surface area (Å²) in [7, 11) is 0. The second kappa shape index (κ2) is 10.0. The van der Waals surface area contributed by atoms with Crippen molar-refractivity contribution in [3.63, 3.8) is 0 Å². The van der Waals surface area contributed by atoms with E-state index in [4.69, 9.17) is 17.0 Å². The maximum Gasteiger partial charge on any atom is 0.303 e. The molecule has 0 fully saturated rings. The average molecular weight is 314 g/mol. The van der Waals surface area contributed by atoms with E-state index in [2.05, 4.69) is 9.61 Å². The van der Waals surface area contributed by atoms with Crippen LogP contribution in [-0.4, -0.2) is 23.5 Å². The monoisotopic (exact) mass is 313 g/mol. The molecular formula is C15H20ClNO4. The molecule has 1 amide bonds. The summed E-state index contributed by atoms with van der Waals surface area (Å²) in [6, 6.07) is 6.77. The van der Waals surface area contributed by atoms with Gasteiger partial charge in [0.2, 0.25) is 0 Å². The molecule has 0 atom stereocenters. The number of hydrogen-bond acceptors (Lipinski definition) is 3. The van der Waals surface area contributed by atoms with Crippen LogP contribution in [0.2, 0.25) is 0 Å². The lowest BCUT2D eigenvalue weighted by atomic mass is 10.1. The Morgan fingerprint density at radius 3 is 2.48 bits per heavy atom. The van der Waals surface area contributed by atoms with Crippen LogP contribution in [0.5, 0.6) is 5.75 Å². The van der Waals surface area contributed by atoms with Gasteiger partial charge < -0.3 is 14.7 Å². The van der Waals surface area contributed by atoms with E-state index >= 15 is 0 Å². The van der Waals surface area contributed by atoms with Gasteiger partial charge in [-0.3, -0.25) is 9.59 Å². The van der Waals surface area contributed by atoms with Crippen LogP contribution in [0.3, 0.4) is 0 Å². The molecule has 0 aliphatic heterocycles. The fraction of sp³-hybridized carbons (Fsp3) is 0.467. The van der Waals surface area contributed by atoms with Crippen molar-refractivity contribution in [2.75, 3.05) is 6.54 Å². The molecule has 0 unspecified atom stereocenters. The summed E-state index contributed by atoms with van der Waals surface area (Å²) in [5.74, 6) is -0.620. The summed E-state index contributed by atoms with van der Waals surface area (Å²) in [4.78, 5) is 22.2. The van der Waals surface area contributed by atoms with Gasteiger partial charge in [-0.05, 0) is 25.0 Å². The molecule has 1 aromatic carbocycles. The normalized spacial score (nSPS) is 10.1. The number of carboxylic acids is 1. The van der Waals surface area contributed by atoms with E-state index in [0.717, 1.165) is 25.7 Å². The third-order valence-electron chi connectivity index (χ3n) is 3.07. The van der Waals surface area contributed by atoms with Crippen LogP contribution >= 0.6 is 11.9 Å². The van der Waals surface area contributed by atoms with E-state index in [-0.39, 0.29) is 12.3 Å². The zero-order valence-electron chi connectivity index (χ0n) is 11.8. The number of rotatable bonds is 10. The number of hydrogen-bond donors (Lipinski definition) is 2. The largest absolute Gasteiger partial charge is 0.481 e. The van der Waals surface area contributed by atoms with Crippen LogP contribution in [-0.2, 0) is 4.79 Å². The first-order valence-corrected chi connectivity index (χ1v) is 7.33. The van der Waals surface area contributed by atoms with E-state index in [1.165, 1.54) is 0 Å². The van der Waals surface area contributed by atoms with Crippen LogP contribution in [0, 0.1) is 0 Å². The van der Waals surface area contributed by atoms with Crippen LogP contribution < -0.4 is 9.61 Å². The Morgan fingerprint density at radius 2 is 1.76 bits per heavy atom. The van der Waals surface area contributed by atoms with Gasteiger partial charge in [0.25, 0.3) is 5.91 Å². The molecule has 0 spiro atoms. The number of unbranched alkanes of at least 4 members (excludes halogenated alkanes) is 4. The van der Waals surface area contributed by atoms with Crippen LogP contribution in [0.15, 0.2) is 24.3 Å². The topological polar surface area (TPSA) is 75.6 Å². The van der Waals surface area contributed by atoms with Crippen molar-refractivity contribution in [1.29, 1.82) is 0 Å². The minimum absolute atomic E-state index is 0.211. The number of para-hydroxylation sites is 1. The second-order valence-corrected chi connectivity index (χ2v) is 4.90. The Morgan fingerprint density at radius 1 is 1.10 bits per heavy atom. The maximum atomic E-state index is 11.9. The number of aliphatic carboxylic acids is 1. The van der Waals surface area contributed by atoms with Crippen molar-refractivity contribution < 1.29 is 19.0 Å². The first kappa shape index (κ1) is 17.3. The average Bonchev–Trinajstić information content (AvgIpc) is 2.49. The third-order valence-corrected chi connectivity index (χ3v) is 3.23. The summed E-state index contributed by atoms with van der Waals surface area (Å²) in [5.41, 5.74) is 0.411. The van der Waals surface area contributed by atoms with E-state index in [0.29, 0.717) is 24.3 Å². The van der Waals surface area contributed by atoms with Crippen LogP contribution in [0.1, 0.15) is 48.9 Å². The summed E-state index contributed by atoms with van der Waals surface area (Å²) in [6.45, 7) is 0.578. The molecule has 0 aliphatic rings. The lowest BCUT2D eigenvalue weighted by Crippen LogP contribution is -2.24. The van der Waals surface area contributed by atoms with E-state index in [9.17, 15) is 9.59 Å². The van der Waals surface area contributed by atoms with E-state index < -0.39 is 5.97 Å². The second-order valence-electron chi connectivity index (χ2n) is 4.74. The molecule has 0 heterocycles. The molecule has 5 nitrogen and oxygen atoms in total. The van der Waals surface area contributed by atoms with Gasteiger partial charge in [0, 0.05) is 13.0 Å². The SMILES string of the molecule is O=C(O)CCCCCCCNC(=O)c1ccccc1OCl. The fourth-order valence-electron chi connectivity index (χ4n) is 1.95. The lowest BCUT2D eigenvalue weighted by molar-refractivity contribution is -0.137. The predicted octanol–water partition coefficient (Wildman–Crippen LogP) is 3.37. The first-order chi connectivity index (χ1) is 10.1. The van der Waals surface area contributed by atoms with Crippen molar-refractivity contribution >= 4 is 23.7 Å². The molecule has 1 rings (SSSR count). The Hall–Kier alpha value is -1.75. The number of nitrogens with one attached hydrogen (secondary N) is 1. The minimum Gasteiger partial charge on any atom is -0.481 e. The molecule has 0 aliphatic carbocycles. The Bertz CT molecular complexity index is 465. The van der Waals surface area contributed by atoms with Gasteiger partial charge in [0.15, 0.2) is 5.75 Å². The summed E-state index contributed by atoms with van der Waals surface area (Å²) < 4.78 is 4.62. The van der Waals surface area contributed by atoms with Gasteiger partial charge in [0.05, 0.1) is 5.56 Å². The smallest absolute Gasteiger partial charge is 0.303 e. The molecule has 116 valence electrons. The van der Waals surface area contributed by atoms with E-state index in [1.54, 1.807) is 24.3 Å². The van der Waals surface area contributed by atoms with Crippen LogP contribution in [0.4, 0.5) is 0 Å². The molecular weight excluding hydrogens is 294 g/mol. The van der Waals surface area contributed by atoms with Crippen molar-refractivity contribution in [2.45, 2.75) is 38.5 Å². The standard InChI is InChI=1S/C15H20ClNO4/c16-21-13-9-6-5-8-12(13)15(20)17-11-7-3-1-2-4-10-14(18)19/h5-6,8-9H,1-4,7,10-11H2,(H,17,20)(H,18,19). The first-order valence-electron chi connectivity index (χ1n) is 7.02. The Labute approximate surface area is 129 Å². The highest BCUT2D eigenvalue weighted by atomic mass is 35.5. The van der Waals surface area contributed by atoms with Crippen molar-refractivity contribution in [3.05, 3.63) is 29.8 Å². The Kier molecular flexibility index (Phi) is 8.28. The van der Waals surface area contributed by atoms with Gasteiger partial charge in [-0.25, -0.2) is 0 Å². The summed E-state index contributed by atoms with van der Waals surface area (Å²) in [5, 5.41) is 11.3. The highest BCUT2D eigenvalue weighted by Crippen LogP contribution is 2.18. The highest BCUT2D eigenvalue weighted by Gasteiger charge is 2.11. The molecule has 0 aromatic heterocycles. The number of carbonyl (C=O) groups is 2. The lowest BCUT2D eigenvalue weighted by Gasteiger charge is -2.07.